The van der Waals surface area contributed by atoms with Gasteiger partial charge in [0.15, 0.2) is 0 Å². The van der Waals surface area contributed by atoms with Gasteiger partial charge in [0.05, 0.1) is 11.3 Å². The summed E-state index contributed by atoms with van der Waals surface area (Å²) >= 11 is 1.11. The minimum Gasteiger partial charge on any atom is -0.354 e. The molecule has 1 saturated carbocycles. The van der Waals surface area contributed by atoms with Gasteiger partial charge < -0.3 is 5.32 Å². The van der Waals surface area contributed by atoms with Crippen LogP contribution in [0.25, 0.3) is 0 Å². The van der Waals surface area contributed by atoms with Crippen LogP contribution in [-0.4, -0.2) is 18.2 Å². The van der Waals surface area contributed by atoms with Crippen molar-refractivity contribution in [3.63, 3.8) is 0 Å². The highest BCUT2D eigenvalue weighted by Crippen LogP contribution is 2.47. The topological polar surface area (TPSA) is 29.1 Å². The molecule has 0 aliphatic heterocycles. The molecule has 3 rings (SSSR count). The average molecular weight is 365 g/mol. The first kappa shape index (κ1) is 17.9. The van der Waals surface area contributed by atoms with Crippen LogP contribution in [-0.2, 0) is 16.4 Å². The Kier molecular flexibility index (Phi) is 5.08. The molecule has 2 nitrogen and oxygen atoms in total. The molecule has 2 aromatic carbocycles. The molecule has 0 unspecified atom stereocenters. The fourth-order valence-electron chi connectivity index (χ4n) is 2.74. The minimum atomic E-state index is -4.37. The Hall–Kier alpha value is -1.95. The number of nitrogens with one attached hydrogen (secondary N) is 1. The Morgan fingerprint density at radius 3 is 2.44 bits per heavy atom. The van der Waals surface area contributed by atoms with E-state index >= 15 is 0 Å². The largest absolute Gasteiger partial charge is 0.416 e. The molecule has 1 fully saturated rings. The molecule has 2 aromatic rings. The van der Waals surface area contributed by atoms with E-state index in [1.54, 1.807) is 6.07 Å². The van der Waals surface area contributed by atoms with Crippen molar-refractivity contribution in [3.05, 3.63) is 65.7 Å². The van der Waals surface area contributed by atoms with Crippen molar-refractivity contribution in [1.82, 2.24) is 5.32 Å². The molecule has 0 heterocycles. The average Bonchev–Trinajstić information content (AvgIpc) is 3.40. The summed E-state index contributed by atoms with van der Waals surface area (Å²) in [7, 11) is 0. The summed E-state index contributed by atoms with van der Waals surface area (Å²) < 4.78 is 38.1. The third-order valence-corrected chi connectivity index (χ3v) is 5.39. The number of amides is 1. The van der Waals surface area contributed by atoms with Crippen LogP contribution in [0.5, 0.6) is 0 Å². The van der Waals surface area contributed by atoms with Crippen molar-refractivity contribution in [2.75, 3.05) is 12.3 Å². The Balaban J connectivity index is 1.51. The SMILES string of the molecule is O=C(CSc1cccc(C(F)(F)F)c1)NCC1(c2ccccc2)CC1. The lowest BCUT2D eigenvalue weighted by molar-refractivity contribution is -0.137. The van der Waals surface area contributed by atoms with Gasteiger partial charge in [0.25, 0.3) is 0 Å². The van der Waals surface area contributed by atoms with Gasteiger partial charge in [-0.15, -0.1) is 11.8 Å². The van der Waals surface area contributed by atoms with Crippen LogP contribution in [0.1, 0.15) is 24.0 Å². The van der Waals surface area contributed by atoms with Crippen LogP contribution in [0.4, 0.5) is 13.2 Å². The van der Waals surface area contributed by atoms with Crippen molar-refractivity contribution in [1.29, 1.82) is 0 Å². The molecule has 1 amide bonds. The molecule has 0 aromatic heterocycles. The number of hydrogen-bond acceptors (Lipinski definition) is 2. The van der Waals surface area contributed by atoms with Crippen LogP contribution < -0.4 is 5.32 Å². The number of carbonyl (C=O) groups is 1. The molecule has 6 heteroatoms. The zero-order valence-electron chi connectivity index (χ0n) is 13.5. The maximum atomic E-state index is 12.7. The fourth-order valence-corrected chi connectivity index (χ4v) is 3.52. The summed E-state index contributed by atoms with van der Waals surface area (Å²) in [5.74, 6) is -0.0590. The lowest BCUT2D eigenvalue weighted by Crippen LogP contribution is -2.33. The van der Waals surface area contributed by atoms with Gasteiger partial charge in [-0.3, -0.25) is 4.79 Å². The first-order chi connectivity index (χ1) is 11.9. The summed E-state index contributed by atoms with van der Waals surface area (Å²) in [6.07, 6.45) is -2.29. The first-order valence-electron chi connectivity index (χ1n) is 8.01. The Labute approximate surface area is 148 Å². The van der Waals surface area contributed by atoms with E-state index in [2.05, 4.69) is 17.4 Å². The standard InChI is InChI=1S/C19H18F3NOS/c20-19(21,22)15-7-4-8-16(11-15)25-12-17(24)23-13-18(9-10-18)14-5-2-1-3-6-14/h1-8,11H,9-10,12-13H2,(H,23,24). The number of benzene rings is 2. The summed E-state index contributed by atoms with van der Waals surface area (Å²) in [5.41, 5.74) is 0.553. The Morgan fingerprint density at radius 1 is 1.08 bits per heavy atom. The highest BCUT2D eigenvalue weighted by molar-refractivity contribution is 8.00. The molecule has 0 spiro atoms. The number of thioether (sulfide) groups is 1. The van der Waals surface area contributed by atoms with Crippen LogP contribution in [0.3, 0.4) is 0 Å². The van der Waals surface area contributed by atoms with Crippen molar-refractivity contribution < 1.29 is 18.0 Å². The van der Waals surface area contributed by atoms with Gasteiger partial charge in [0.1, 0.15) is 0 Å². The van der Waals surface area contributed by atoms with Crippen molar-refractivity contribution in [3.8, 4) is 0 Å². The normalized spacial score (nSPS) is 15.6. The van der Waals surface area contributed by atoms with Gasteiger partial charge in [-0.05, 0) is 36.6 Å². The zero-order valence-corrected chi connectivity index (χ0v) is 14.3. The molecule has 0 radical (unpaired) electrons. The molecule has 0 saturated heterocycles. The van der Waals surface area contributed by atoms with Crippen LogP contribution in [0, 0.1) is 0 Å². The van der Waals surface area contributed by atoms with Gasteiger partial charge in [-0.2, -0.15) is 13.2 Å². The van der Waals surface area contributed by atoms with Crippen LogP contribution >= 0.6 is 11.8 Å². The second-order valence-electron chi connectivity index (χ2n) is 6.24. The van der Waals surface area contributed by atoms with E-state index < -0.39 is 11.7 Å². The fraction of sp³-hybridized carbons (Fsp3) is 0.316. The van der Waals surface area contributed by atoms with Crippen molar-refractivity contribution >= 4 is 17.7 Å². The van der Waals surface area contributed by atoms with E-state index in [-0.39, 0.29) is 17.1 Å². The molecule has 25 heavy (non-hydrogen) atoms. The summed E-state index contributed by atoms with van der Waals surface area (Å²) in [5, 5.41) is 2.92. The Bertz CT molecular complexity index is 742. The van der Waals surface area contributed by atoms with Crippen molar-refractivity contribution in [2.45, 2.75) is 29.3 Å². The van der Waals surface area contributed by atoms with Crippen LogP contribution in [0.2, 0.25) is 0 Å². The third kappa shape index (κ3) is 4.57. The minimum absolute atomic E-state index is 0.0256. The number of halogens is 3. The molecule has 1 N–H and O–H groups in total. The molecule has 1 aliphatic rings. The lowest BCUT2D eigenvalue weighted by atomic mass is 9.96. The van der Waals surface area contributed by atoms with Gasteiger partial charge >= 0.3 is 6.18 Å². The molecule has 0 atom stereocenters. The first-order valence-corrected chi connectivity index (χ1v) is 9.00. The maximum absolute atomic E-state index is 12.7. The van der Waals surface area contributed by atoms with E-state index in [4.69, 9.17) is 0 Å². The maximum Gasteiger partial charge on any atom is 0.416 e. The van der Waals surface area contributed by atoms with Gasteiger partial charge in [-0.25, -0.2) is 0 Å². The van der Waals surface area contributed by atoms with Crippen LogP contribution in [0.15, 0.2) is 59.5 Å². The predicted molar refractivity (Wildman–Crippen MR) is 92.5 cm³/mol. The van der Waals surface area contributed by atoms with E-state index in [0.717, 1.165) is 36.7 Å². The zero-order chi connectivity index (χ0) is 17.9. The second kappa shape index (κ2) is 7.12. The molecular formula is C19H18F3NOS. The van der Waals surface area contributed by atoms with Gasteiger partial charge in [0, 0.05) is 16.9 Å². The second-order valence-corrected chi connectivity index (χ2v) is 7.29. The smallest absolute Gasteiger partial charge is 0.354 e. The molecular weight excluding hydrogens is 347 g/mol. The number of hydrogen-bond donors (Lipinski definition) is 1. The monoisotopic (exact) mass is 365 g/mol. The molecule has 0 bridgehead atoms. The Morgan fingerprint density at radius 2 is 1.80 bits per heavy atom. The van der Waals surface area contributed by atoms with E-state index in [9.17, 15) is 18.0 Å². The van der Waals surface area contributed by atoms with E-state index in [1.807, 2.05) is 18.2 Å². The van der Waals surface area contributed by atoms with Gasteiger partial charge in [-0.1, -0.05) is 36.4 Å². The lowest BCUT2D eigenvalue weighted by Gasteiger charge is -2.16. The predicted octanol–water partition coefficient (Wildman–Crippen LogP) is 4.65. The van der Waals surface area contributed by atoms with Crippen molar-refractivity contribution in [2.24, 2.45) is 0 Å². The number of rotatable bonds is 6. The van der Waals surface area contributed by atoms with E-state index in [1.165, 1.54) is 11.6 Å². The summed E-state index contributed by atoms with van der Waals surface area (Å²) in [6, 6.07) is 15.1. The highest BCUT2D eigenvalue weighted by atomic mass is 32.2. The quantitative estimate of drug-likeness (QED) is 0.756. The third-order valence-electron chi connectivity index (χ3n) is 4.39. The number of alkyl halides is 3. The summed E-state index contributed by atoms with van der Waals surface area (Å²) in [6.45, 7) is 0.568. The summed E-state index contributed by atoms with van der Waals surface area (Å²) in [4.78, 5) is 12.5. The van der Waals surface area contributed by atoms with Gasteiger partial charge in [0.2, 0.25) is 5.91 Å². The number of carbonyl (C=O) groups excluding carboxylic acids is 1. The highest BCUT2D eigenvalue weighted by Gasteiger charge is 2.44. The van der Waals surface area contributed by atoms with E-state index in [0.29, 0.717) is 11.4 Å². The molecule has 132 valence electrons. The molecule has 1 aliphatic carbocycles.